The first-order valence-electron chi connectivity index (χ1n) is 15.3. The molecule has 11 heteroatoms. The number of hydrogen-bond donors (Lipinski definition) is 1. The summed E-state index contributed by atoms with van der Waals surface area (Å²) in [6.07, 6.45) is 4.98. The number of nitrogens with one attached hydrogen (secondary N) is 1. The summed E-state index contributed by atoms with van der Waals surface area (Å²) in [5.74, 6) is 7.93. The van der Waals surface area contributed by atoms with Crippen molar-refractivity contribution in [3.8, 4) is 24.2 Å². The van der Waals surface area contributed by atoms with Crippen molar-refractivity contribution in [1.82, 2.24) is 25.0 Å². The molecule has 0 radical (unpaired) electrons. The first-order chi connectivity index (χ1) is 21.9. The van der Waals surface area contributed by atoms with E-state index in [1.807, 2.05) is 34.7 Å². The minimum atomic E-state index is -4.66. The SMILES string of the molecule is C#C[C@@H]1C[C@H](NC(=O)C#CC)CN(Cc2cc3c(c(C(F)(F)F)c2)CN(c2cccc(C4(c5nncn5C)CC(C)C4)c2)C3=O)C1. The monoisotopic (exact) mass is 628 g/mol. The molecule has 2 atom stereocenters. The predicted octanol–water partition coefficient (Wildman–Crippen LogP) is 4.67. The summed E-state index contributed by atoms with van der Waals surface area (Å²) in [5.41, 5.74) is 0.668. The zero-order valence-electron chi connectivity index (χ0n) is 26.0. The molecule has 2 amide bonds. The molecule has 1 aliphatic carbocycles. The van der Waals surface area contributed by atoms with Crippen LogP contribution in [0.25, 0.3) is 0 Å². The number of fused-ring (bicyclic) bond motifs is 1. The molecule has 3 heterocycles. The molecule has 2 aliphatic heterocycles. The molecular formula is C35H35F3N6O2. The summed E-state index contributed by atoms with van der Waals surface area (Å²) in [7, 11) is 1.90. The van der Waals surface area contributed by atoms with Gasteiger partial charge in [0.15, 0.2) is 0 Å². The van der Waals surface area contributed by atoms with E-state index in [0.717, 1.165) is 30.3 Å². The average Bonchev–Trinajstić information content (AvgIpc) is 3.57. The zero-order valence-corrected chi connectivity index (χ0v) is 26.0. The molecule has 3 aliphatic rings. The lowest BCUT2D eigenvalue weighted by atomic mass is 9.58. The van der Waals surface area contributed by atoms with Gasteiger partial charge in [-0.1, -0.05) is 25.0 Å². The number of alkyl halides is 3. The van der Waals surface area contributed by atoms with E-state index in [2.05, 4.69) is 40.2 Å². The second-order valence-electron chi connectivity index (χ2n) is 12.8. The molecule has 0 bridgehead atoms. The van der Waals surface area contributed by atoms with Crippen molar-refractivity contribution < 1.29 is 22.8 Å². The van der Waals surface area contributed by atoms with E-state index in [1.54, 1.807) is 25.4 Å². The first kappa shape index (κ1) is 31.4. The zero-order chi connectivity index (χ0) is 32.8. The van der Waals surface area contributed by atoms with Gasteiger partial charge in [-0.25, -0.2) is 0 Å². The fraction of sp³-hybridized carbons (Fsp3) is 0.429. The van der Waals surface area contributed by atoms with Crippen molar-refractivity contribution in [3.05, 3.63) is 76.4 Å². The van der Waals surface area contributed by atoms with Gasteiger partial charge < -0.3 is 14.8 Å². The van der Waals surface area contributed by atoms with Gasteiger partial charge in [-0.05, 0) is 79.0 Å². The number of nitrogens with zero attached hydrogens (tertiary/aromatic N) is 5. The Balaban J connectivity index is 1.30. The Morgan fingerprint density at radius 2 is 1.98 bits per heavy atom. The summed E-state index contributed by atoms with van der Waals surface area (Å²) in [6, 6.07) is 9.92. The quantitative estimate of drug-likeness (QED) is 0.402. The van der Waals surface area contributed by atoms with E-state index in [1.165, 1.54) is 4.90 Å². The molecule has 238 valence electrons. The number of benzene rings is 2. The summed E-state index contributed by atoms with van der Waals surface area (Å²) in [4.78, 5) is 29.3. The Labute approximate surface area is 266 Å². The normalized spacial score (nSPS) is 24.4. The second kappa shape index (κ2) is 12.0. The van der Waals surface area contributed by atoms with Gasteiger partial charge in [-0.3, -0.25) is 14.5 Å². The van der Waals surface area contributed by atoms with E-state index in [0.29, 0.717) is 36.7 Å². The van der Waals surface area contributed by atoms with Crippen LogP contribution in [0.2, 0.25) is 0 Å². The molecule has 1 N–H and O–H groups in total. The van der Waals surface area contributed by atoms with Crippen LogP contribution < -0.4 is 10.2 Å². The minimum Gasteiger partial charge on any atom is -0.341 e. The summed E-state index contributed by atoms with van der Waals surface area (Å²) in [6.45, 7) is 4.54. The smallest absolute Gasteiger partial charge is 0.341 e. The number of rotatable bonds is 6. The Hall–Kier alpha value is -4.61. The van der Waals surface area contributed by atoms with E-state index in [9.17, 15) is 22.8 Å². The van der Waals surface area contributed by atoms with Crippen molar-refractivity contribution in [2.24, 2.45) is 18.9 Å². The Morgan fingerprint density at radius 3 is 2.63 bits per heavy atom. The van der Waals surface area contributed by atoms with Crippen LogP contribution in [0.4, 0.5) is 18.9 Å². The van der Waals surface area contributed by atoms with Gasteiger partial charge in [-0.2, -0.15) is 13.2 Å². The van der Waals surface area contributed by atoms with Gasteiger partial charge in [0, 0.05) is 49.9 Å². The number of carbonyl (C=O) groups excluding carboxylic acids is 2. The number of halogens is 3. The molecule has 1 saturated carbocycles. The van der Waals surface area contributed by atoms with Gasteiger partial charge >= 0.3 is 6.18 Å². The van der Waals surface area contributed by atoms with E-state index in [4.69, 9.17) is 6.42 Å². The average molecular weight is 629 g/mol. The van der Waals surface area contributed by atoms with Crippen LogP contribution in [-0.4, -0.2) is 50.6 Å². The van der Waals surface area contributed by atoms with Crippen molar-refractivity contribution >= 4 is 17.5 Å². The predicted molar refractivity (Wildman–Crippen MR) is 166 cm³/mol. The second-order valence-corrected chi connectivity index (χ2v) is 12.8. The van der Waals surface area contributed by atoms with Crippen molar-refractivity contribution in [3.63, 3.8) is 0 Å². The Kier molecular flexibility index (Phi) is 8.16. The lowest BCUT2D eigenvalue weighted by molar-refractivity contribution is -0.138. The molecule has 2 fully saturated rings. The first-order valence-corrected chi connectivity index (χ1v) is 15.3. The summed E-state index contributed by atoms with van der Waals surface area (Å²) in [5, 5.41) is 11.3. The Morgan fingerprint density at radius 1 is 1.20 bits per heavy atom. The van der Waals surface area contributed by atoms with Crippen LogP contribution in [0.3, 0.4) is 0 Å². The molecular weight excluding hydrogens is 593 g/mol. The largest absolute Gasteiger partial charge is 0.416 e. The summed E-state index contributed by atoms with van der Waals surface area (Å²) < 4.78 is 45.4. The van der Waals surface area contributed by atoms with E-state index < -0.39 is 23.6 Å². The molecule has 0 unspecified atom stereocenters. The van der Waals surface area contributed by atoms with Crippen molar-refractivity contribution in [2.45, 2.75) is 63.8 Å². The number of likely N-dealkylation sites (tertiary alicyclic amines) is 1. The number of terminal acetylenes is 1. The minimum absolute atomic E-state index is 0.0321. The standard InChI is InChI=1S/C35H35F3N6O2/c1-5-8-31(45)40-26-11-23(6-2)17-43(19-26)18-24-12-28-29(30(13-24)35(36,37)38)20-44(32(28)46)27-10-7-9-25(14-27)34(15-22(3)16-34)33-41-39-21-42(33)4/h2,7,9-10,12-14,21-23,26H,11,15-20H2,1,3-4H3,(H,40,45)/t22?,23-,26+,34?/m1/s1. The van der Waals surface area contributed by atoms with Gasteiger partial charge in [0.1, 0.15) is 12.2 Å². The highest BCUT2D eigenvalue weighted by Gasteiger charge is 2.48. The van der Waals surface area contributed by atoms with Crippen LogP contribution in [0.5, 0.6) is 0 Å². The van der Waals surface area contributed by atoms with Crippen LogP contribution in [0, 0.1) is 36.0 Å². The lowest BCUT2D eigenvalue weighted by Crippen LogP contribution is -2.50. The number of piperidine rings is 1. The van der Waals surface area contributed by atoms with E-state index in [-0.39, 0.29) is 41.6 Å². The molecule has 0 spiro atoms. The third-order valence-electron chi connectivity index (χ3n) is 9.39. The maximum Gasteiger partial charge on any atom is 0.416 e. The highest BCUT2D eigenvalue weighted by molar-refractivity contribution is 6.10. The number of anilines is 1. The highest BCUT2D eigenvalue weighted by Crippen LogP contribution is 2.52. The molecule has 6 rings (SSSR count). The maximum absolute atomic E-state index is 14.5. The Bertz CT molecular complexity index is 1790. The molecule has 46 heavy (non-hydrogen) atoms. The third kappa shape index (κ3) is 5.76. The van der Waals surface area contributed by atoms with Gasteiger partial charge in [-0.15, -0.1) is 22.5 Å². The fourth-order valence-electron chi connectivity index (χ4n) is 7.52. The van der Waals surface area contributed by atoms with Crippen LogP contribution >= 0.6 is 0 Å². The van der Waals surface area contributed by atoms with E-state index >= 15 is 0 Å². The molecule has 8 nitrogen and oxygen atoms in total. The lowest BCUT2D eigenvalue weighted by Gasteiger charge is -2.46. The topological polar surface area (TPSA) is 83.4 Å². The molecule has 2 aromatic carbocycles. The summed E-state index contributed by atoms with van der Waals surface area (Å²) >= 11 is 0. The fourth-order valence-corrected chi connectivity index (χ4v) is 7.52. The number of amides is 2. The highest BCUT2D eigenvalue weighted by atomic mass is 19.4. The van der Waals surface area contributed by atoms with Crippen LogP contribution in [0.15, 0.2) is 42.7 Å². The van der Waals surface area contributed by atoms with Gasteiger partial charge in [0.2, 0.25) is 0 Å². The van der Waals surface area contributed by atoms with Gasteiger partial charge in [0.25, 0.3) is 11.8 Å². The van der Waals surface area contributed by atoms with Crippen molar-refractivity contribution in [1.29, 1.82) is 0 Å². The van der Waals surface area contributed by atoms with Crippen LogP contribution in [-0.2, 0) is 36.5 Å². The maximum atomic E-state index is 14.5. The number of carbonyl (C=O) groups is 2. The molecule has 3 aromatic rings. The molecule has 1 saturated heterocycles. The number of aromatic nitrogens is 3. The molecule has 1 aromatic heterocycles. The third-order valence-corrected chi connectivity index (χ3v) is 9.39. The number of aryl methyl sites for hydroxylation is 1. The van der Waals surface area contributed by atoms with Gasteiger partial charge in [0.05, 0.1) is 17.5 Å². The van der Waals surface area contributed by atoms with Crippen LogP contribution in [0.1, 0.15) is 71.5 Å². The number of hydrogen-bond acceptors (Lipinski definition) is 5. The van der Waals surface area contributed by atoms with Crippen molar-refractivity contribution in [2.75, 3.05) is 18.0 Å².